The molecule has 4 rings (SSSR count). The van der Waals surface area contributed by atoms with Gasteiger partial charge in [0.25, 0.3) is 0 Å². The molecule has 2 unspecified atom stereocenters. The number of halogens is 4. The number of rotatable bonds is 11. The summed E-state index contributed by atoms with van der Waals surface area (Å²) in [4.78, 5) is 1.83. The second-order valence-corrected chi connectivity index (χ2v) is 11.7. The minimum Gasteiger partial charge on any atom is -0.298 e. The molecule has 0 fully saturated rings. The number of nitrogens with one attached hydrogen (secondary N) is 1. The maximum Gasteiger partial charge on any atom is 0.407 e. The van der Waals surface area contributed by atoms with E-state index in [1.165, 1.54) is 11.3 Å². The Morgan fingerprint density at radius 3 is 2.39 bits per heavy atom. The summed E-state index contributed by atoms with van der Waals surface area (Å²) >= 11 is 7.51. The van der Waals surface area contributed by atoms with Crippen LogP contribution in [-0.2, 0) is 13.0 Å². The van der Waals surface area contributed by atoms with Gasteiger partial charge in [-0.3, -0.25) is 5.32 Å². The third-order valence-corrected chi connectivity index (χ3v) is 8.58. The van der Waals surface area contributed by atoms with Crippen molar-refractivity contribution in [2.75, 3.05) is 0 Å². The highest BCUT2D eigenvalue weighted by Gasteiger charge is 2.42. The van der Waals surface area contributed by atoms with Gasteiger partial charge in [0.2, 0.25) is 0 Å². The summed E-state index contributed by atoms with van der Waals surface area (Å²) in [5.41, 5.74) is 3.88. The Morgan fingerprint density at radius 1 is 1.02 bits per heavy atom. The molecule has 1 aromatic heterocycles. The van der Waals surface area contributed by atoms with E-state index in [2.05, 4.69) is 18.3 Å². The standard InChI is InChI=1S/C34H32ClF3N2S/c1-3-24(20-25-9-13-28(35)14-10-25)11-17-31(30-16-12-26(21-39)19-23(30)2)33(34(36,37)38)40-22-29-15-18-32(41-29)27-7-5-4-6-8-27/h4-10,12-19,24,33,40H,3,11,20,22H2,1-2H3/b31-17+. The van der Waals surface area contributed by atoms with Gasteiger partial charge in [-0.25, -0.2) is 0 Å². The van der Waals surface area contributed by atoms with E-state index in [0.29, 0.717) is 28.1 Å². The predicted molar refractivity (Wildman–Crippen MR) is 164 cm³/mol. The quantitative estimate of drug-likeness (QED) is 0.188. The largest absolute Gasteiger partial charge is 0.407 e. The van der Waals surface area contributed by atoms with E-state index < -0.39 is 12.2 Å². The zero-order valence-corrected chi connectivity index (χ0v) is 24.6. The van der Waals surface area contributed by atoms with Crippen LogP contribution >= 0.6 is 22.9 Å². The fourth-order valence-corrected chi connectivity index (χ4v) is 6.01. The van der Waals surface area contributed by atoms with E-state index in [9.17, 15) is 18.4 Å². The van der Waals surface area contributed by atoms with Crippen LogP contribution in [0.1, 0.15) is 46.9 Å². The van der Waals surface area contributed by atoms with Gasteiger partial charge in [0.15, 0.2) is 0 Å². The molecule has 2 nitrogen and oxygen atoms in total. The Morgan fingerprint density at radius 2 is 1.76 bits per heavy atom. The van der Waals surface area contributed by atoms with Crippen LogP contribution in [0.25, 0.3) is 16.0 Å². The molecular formula is C34H32ClF3N2S. The Labute approximate surface area is 249 Å². The van der Waals surface area contributed by atoms with E-state index in [-0.39, 0.29) is 18.0 Å². The summed E-state index contributed by atoms with van der Waals surface area (Å²) in [6.07, 6.45) is -0.734. The number of nitrogens with zero attached hydrogens (tertiary/aromatic N) is 1. The lowest BCUT2D eigenvalue weighted by atomic mass is 9.88. The first kappa shape index (κ1) is 30.6. The first-order valence-corrected chi connectivity index (χ1v) is 14.8. The molecule has 4 aromatic rings. The third-order valence-electron chi connectivity index (χ3n) is 7.19. The Bertz CT molecular complexity index is 1500. The monoisotopic (exact) mass is 592 g/mol. The van der Waals surface area contributed by atoms with E-state index in [4.69, 9.17) is 11.6 Å². The molecule has 2 atom stereocenters. The van der Waals surface area contributed by atoms with E-state index in [1.54, 1.807) is 31.2 Å². The molecule has 0 aliphatic rings. The summed E-state index contributed by atoms with van der Waals surface area (Å²) in [7, 11) is 0. The third kappa shape index (κ3) is 8.33. The molecule has 0 bridgehead atoms. The zero-order valence-electron chi connectivity index (χ0n) is 23.0. The average Bonchev–Trinajstić information content (AvgIpc) is 3.44. The Balaban J connectivity index is 1.64. The van der Waals surface area contributed by atoms with Gasteiger partial charge in [0.1, 0.15) is 6.04 Å². The molecule has 41 heavy (non-hydrogen) atoms. The van der Waals surface area contributed by atoms with Crippen LogP contribution in [0.15, 0.2) is 91.0 Å². The number of alkyl halides is 3. The molecule has 7 heteroatoms. The number of aryl methyl sites for hydroxylation is 1. The van der Waals surface area contributed by atoms with E-state index in [1.807, 2.05) is 66.7 Å². The van der Waals surface area contributed by atoms with Crippen LogP contribution in [0.2, 0.25) is 5.02 Å². The normalized spacial score (nSPS) is 13.5. The lowest BCUT2D eigenvalue weighted by Crippen LogP contribution is -2.42. The summed E-state index contributed by atoms with van der Waals surface area (Å²) in [5.74, 6) is 0.157. The highest BCUT2D eigenvalue weighted by atomic mass is 35.5. The fourth-order valence-electron chi connectivity index (χ4n) is 4.92. The Kier molecular flexibility index (Phi) is 10.4. The molecule has 0 aliphatic carbocycles. The minimum absolute atomic E-state index is 0.0797. The van der Waals surface area contributed by atoms with Crippen molar-refractivity contribution in [1.29, 1.82) is 5.26 Å². The number of allylic oxidation sites excluding steroid dienone is 1. The van der Waals surface area contributed by atoms with Gasteiger partial charge in [0, 0.05) is 21.3 Å². The van der Waals surface area contributed by atoms with Crippen molar-refractivity contribution in [3.8, 4) is 16.5 Å². The molecule has 1 N–H and O–H groups in total. The lowest BCUT2D eigenvalue weighted by Gasteiger charge is -2.26. The smallest absolute Gasteiger partial charge is 0.298 e. The number of nitriles is 1. The second-order valence-electron chi connectivity index (χ2n) is 10.1. The summed E-state index contributed by atoms with van der Waals surface area (Å²) in [5, 5.41) is 12.8. The predicted octanol–water partition coefficient (Wildman–Crippen LogP) is 10.0. The van der Waals surface area contributed by atoms with Crippen LogP contribution in [0, 0.1) is 24.2 Å². The van der Waals surface area contributed by atoms with Crippen LogP contribution in [-0.4, -0.2) is 12.2 Å². The van der Waals surface area contributed by atoms with Crippen molar-refractivity contribution in [2.24, 2.45) is 5.92 Å². The lowest BCUT2D eigenvalue weighted by molar-refractivity contribution is -0.142. The molecular weight excluding hydrogens is 561 g/mol. The van der Waals surface area contributed by atoms with Crippen LogP contribution in [0.5, 0.6) is 0 Å². The molecule has 3 aromatic carbocycles. The summed E-state index contributed by atoms with van der Waals surface area (Å²) in [6, 6.07) is 26.3. The molecule has 0 radical (unpaired) electrons. The van der Waals surface area contributed by atoms with Crippen LogP contribution in [0.4, 0.5) is 13.2 Å². The first-order chi connectivity index (χ1) is 19.7. The molecule has 0 saturated carbocycles. The van der Waals surface area contributed by atoms with Gasteiger partial charge in [-0.2, -0.15) is 18.4 Å². The number of benzene rings is 3. The van der Waals surface area contributed by atoms with Crippen molar-refractivity contribution in [3.05, 3.63) is 123 Å². The van der Waals surface area contributed by atoms with Crippen molar-refractivity contribution in [2.45, 2.75) is 51.9 Å². The van der Waals surface area contributed by atoms with Crippen molar-refractivity contribution in [3.63, 3.8) is 0 Å². The minimum atomic E-state index is -4.52. The zero-order chi connectivity index (χ0) is 29.4. The van der Waals surface area contributed by atoms with Gasteiger partial charge < -0.3 is 0 Å². The number of thiophene rings is 1. The molecule has 0 spiro atoms. The fraction of sp³-hybridized carbons (Fsp3) is 0.265. The molecule has 212 valence electrons. The van der Waals surface area contributed by atoms with Gasteiger partial charge in [-0.05, 0) is 89.9 Å². The van der Waals surface area contributed by atoms with Gasteiger partial charge in [-0.15, -0.1) is 11.3 Å². The van der Waals surface area contributed by atoms with Crippen molar-refractivity contribution in [1.82, 2.24) is 5.32 Å². The van der Waals surface area contributed by atoms with Gasteiger partial charge in [-0.1, -0.05) is 79.6 Å². The number of hydrogen-bond donors (Lipinski definition) is 1. The maximum absolute atomic E-state index is 14.7. The highest BCUT2D eigenvalue weighted by molar-refractivity contribution is 7.15. The second kappa shape index (κ2) is 14.0. The van der Waals surface area contributed by atoms with E-state index in [0.717, 1.165) is 33.7 Å². The highest BCUT2D eigenvalue weighted by Crippen LogP contribution is 2.35. The number of hydrogen-bond acceptors (Lipinski definition) is 3. The Hall–Kier alpha value is -3.37. The van der Waals surface area contributed by atoms with Gasteiger partial charge >= 0.3 is 6.18 Å². The van der Waals surface area contributed by atoms with Gasteiger partial charge in [0.05, 0.1) is 11.6 Å². The van der Waals surface area contributed by atoms with E-state index >= 15 is 0 Å². The van der Waals surface area contributed by atoms with Crippen molar-refractivity contribution < 1.29 is 13.2 Å². The maximum atomic E-state index is 14.7. The molecule has 0 saturated heterocycles. The average molecular weight is 593 g/mol. The van der Waals surface area contributed by atoms with Crippen molar-refractivity contribution >= 4 is 28.5 Å². The van der Waals surface area contributed by atoms with Crippen LogP contribution in [0.3, 0.4) is 0 Å². The van der Waals surface area contributed by atoms with Crippen LogP contribution < -0.4 is 5.32 Å². The topological polar surface area (TPSA) is 35.8 Å². The molecule has 0 aliphatic heterocycles. The molecule has 0 amide bonds. The summed E-state index contributed by atoms with van der Waals surface area (Å²) < 4.78 is 44.2. The first-order valence-electron chi connectivity index (χ1n) is 13.6. The molecule has 1 heterocycles. The summed E-state index contributed by atoms with van der Waals surface area (Å²) in [6.45, 7) is 3.89. The SMILES string of the molecule is CCC(C/C=C(\c1ccc(C#N)cc1C)C(NCc1ccc(-c2ccccc2)s1)C(F)(F)F)Cc1ccc(Cl)cc1.